The molecule has 0 bridgehead atoms. The number of carbonyl (C=O) groups is 1. The second-order valence-corrected chi connectivity index (χ2v) is 3.30. The van der Waals surface area contributed by atoms with Crippen LogP contribution in [0.3, 0.4) is 0 Å². The Morgan fingerprint density at radius 1 is 1.33 bits per heavy atom. The van der Waals surface area contributed by atoms with Crippen LogP contribution in [0.25, 0.3) is 0 Å². The van der Waals surface area contributed by atoms with E-state index >= 15 is 0 Å². The molecule has 0 spiro atoms. The molecule has 1 amide bonds. The summed E-state index contributed by atoms with van der Waals surface area (Å²) in [6.07, 6.45) is 3.92. The number of nitrogens with one attached hydrogen (secondary N) is 1. The zero-order valence-corrected chi connectivity index (χ0v) is 7.12. The second-order valence-electron chi connectivity index (χ2n) is 3.30. The minimum atomic E-state index is -0.581. The van der Waals surface area contributed by atoms with Gasteiger partial charge in [-0.2, -0.15) is 0 Å². The van der Waals surface area contributed by atoms with Crippen LogP contribution in [0, 0.1) is 5.92 Å². The van der Waals surface area contributed by atoms with E-state index in [1.54, 1.807) is 0 Å². The van der Waals surface area contributed by atoms with Gasteiger partial charge in [-0.15, -0.1) is 0 Å². The fourth-order valence-electron chi connectivity index (χ4n) is 0.955. The fourth-order valence-corrected chi connectivity index (χ4v) is 0.955. The van der Waals surface area contributed by atoms with Gasteiger partial charge in [0.05, 0.1) is 12.0 Å². The highest BCUT2D eigenvalue weighted by molar-refractivity contribution is 5.77. The van der Waals surface area contributed by atoms with Gasteiger partial charge < -0.3 is 16.2 Å². The highest BCUT2D eigenvalue weighted by atomic mass is 16.3. The SMILES string of the molecule is C1CC1.NC(=O)C1CNCC1O. The number of β-amino-alcohol motifs (C(OH)–C–C–N with tert-alkyl or cyclic N) is 1. The smallest absolute Gasteiger partial charge is 0.224 e. The Hall–Kier alpha value is -0.610. The lowest BCUT2D eigenvalue weighted by molar-refractivity contribution is -0.123. The molecule has 0 aromatic rings. The van der Waals surface area contributed by atoms with Crippen LogP contribution in [-0.4, -0.2) is 30.2 Å². The predicted molar refractivity (Wildman–Crippen MR) is 45.4 cm³/mol. The average molecular weight is 172 g/mol. The third-order valence-electron chi connectivity index (χ3n) is 1.90. The molecule has 1 saturated heterocycles. The number of rotatable bonds is 1. The zero-order chi connectivity index (χ0) is 8.97. The molecule has 4 nitrogen and oxygen atoms in total. The van der Waals surface area contributed by atoms with E-state index in [4.69, 9.17) is 10.8 Å². The van der Waals surface area contributed by atoms with Gasteiger partial charge in [0.1, 0.15) is 0 Å². The first kappa shape index (κ1) is 9.48. The number of primary amides is 1. The molecule has 1 aliphatic carbocycles. The molecule has 2 aliphatic rings. The van der Waals surface area contributed by atoms with Gasteiger partial charge in [-0.3, -0.25) is 4.79 Å². The lowest BCUT2D eigenvalue weighted by atomic mass is 10.1. The summed E-state index contributed by atoms with van der Waals surface area (Å²) in [5.74, 6) is -0.808. The van der Waals surface area contributed by atoms with Crippen LogP contribution in [0.5, 0.6) is 0 Å². The van der Waals surface area contributed by atoms with Gasteiger partial charge in [0, 0.05) is 13.1 Å². The van der Waals surface area contributed by atoms with Crippen molar-refractivity contribution in [2.45, 2.75) is 25.4 Å². The summed E-state index contributed by atoms with van der Waals surface area (Å²) in [7, 11) is 0. The monoisotopic (exact) mass is 172 g/mol. The van der Waals surface area contributed by atoms with Crippen molar-refractivity contribution in [3.63, 3.8) is 0 Å². The molecule has 2 atom stereocenters. The first-order chi connectivity index (χ1) is 5.72. The Balaban J connectivity index is 0.000000200. The maximum absolute atomic E-state index is 10.4. The van der Waals surface area contributed by atoms with Gasteiger partial charge >= 0.3 is 0 Å². The van der Waals surface area contributed by atoms with Crippen LogP contribution in [0.15, 0.2) is 0 Å². The van der Waals surface area contributed by atoms with Crippen molar-refractivity contribution < 1.29 is 9.90 Å². The Morgan fingerprint density at radius 3 is 2.08 bits per heavy atom. The van der Waals surface area contributed by atoms with E-state index in [0.717, 1.165) is 0 Å². The molecule has 0 radical (unpaired) electrons. The molecule has 70 valence electrons. The van der Waals surface area contributed by atoms with Crippen LogP contribution < -0.4 is 11.1 Å². The summed E-state index contributed by atoms with van der Waals surface area (Å²) in [6.45, 7) is 0.990. The molecule has 2 unspecified atom stereocenters. The predicted octanol–water partition coefficient (Wildman–Crippen LogP) is -0.778. The van der Waals surface area contributed by atoms with Crippen molar-refractivity contribution in [3.8, 4) is 0 Å². The zero-order valence-electron chi connectivity index (χ0n) is 7.12. The van der Waals surface area contributed by atoms with Gasteiger partial charge in [-0.05, 0) is 0 Å². The number of amides is 1. The summed E-state index contributed by atoms with van der Waals surface area (Å²) >= 11 is 0. The maximum Gasteiger partial charge on any atom is 0.224 e. The largest absolute Gasteiger partial charge is 0.391 e. The number of nitrogens with two attached hydrogens (primary N) is 1. The lowest BCUT2D eigenvalue weighted by Gasteiger charge is -2.06. The Bertz CT molecular complexity index is 156. The fraction of sp³-hybridized carbons (Fsp3) is 0.875. The number of aliphatic hydroxyl groups excluding tert-OH is 1. The van der Waals surface area contributed by atoms with Gasteiger partial charge in [-0.25, -0.2) is 0 Å². The van der Waals surface area contributed by atoms with E-state index in [2.05, 4.69) is 5.32 Å². The molecular weight excluding hydrogens is 156 g/mol. The van der Waals surface area contributed by atoms with Crippen molar-refractivity contribution in [2.75, 3.05) is 13.1 Å². The van der Waals surface area contributed by atoms with Gasteiger partial charge in [0.25, 0.3) is 0 Å². The summed E-state index contributed by atoms with van der Waals surface area (Å²) in [4.78, 5) is 10.4. The van der Waals surface area contributed by atoms with E-state index in [1.165, 1.54) is 19.3 Å². The highest BCUT2D eigenvalue weighted by Crippen LogP contribution is 2.14. The Labute approximate surface area is 72.1 Å². The van der Waals surface area contributed by atoms with Crippen LogP contribution in [-0.2, 0) is 4.79 Å². The number of aliphatic hydroxyl groups is 1. The first-order valence-corrected chi connectivity index (χ1v) is 4.40. The van der Waals surface area contributed by atoms with E-state index in [1.807, 2.05) is 0 Å². The molecule has 2 fully saturated rings. The first-order valence-electron chi connectivity index (χ1n) is 4.40. The molecule has 0 aromatic heterocycles. The van der Waals surface area contributed by atoms with Crippen LogP contribution >= 0.6 is 0 Å². The van der Waals surface area contributed by atoms with Crippen LogP contribution in [0.4, 0.5) is 0 Å². The Kier molecular flexibility index (Phi) is 3.49. The summed E-state index contributed by atoms with van der Waals surface area (Å²) in [6, 6.07) is 0. The van der Waals surface area contributed by atoms with Crippen molar-refractivity contribution in [1.29, 1.82) is 0 Å². The van der Waals surface area contributed by atoms with E-state index in [9.17, 15) is 4.79 Å². The molecule has 12 heavy (non-hydrogen) atoms. The number of hydrogen-bond donors (Lipinski definition) is 3. The molecule has 0 aromatic carbocycles. The van der Waals surface area contributed by atoms with Crippen molar-refractivity contribution in [3.05, 3.63) is 0 Å². The molecule has 1 heterocycles. The van der Waals surface area contributed by atoms with Crippen molar-refractivity contribution in [1.82, 2.24) is 5.32 Å². The topological polar surface area (TPSA) is 75.4 Å². The highest BCUT2D eigenvalue weighted by Gasteiger charge is 2.29. The van der Waals surface area contributed by atoms with Gasteiger partial charge in [0.2, 0.25) is 5.91 Å². The normalized spacial score (nSPS) is 32.1. The van der Waals surface area contributed by atoms with Crippen molar-refractivity contribution >= 4 is 5.91 Å². The summed E-state index contributed by atoms with van der Waals surface area (Å²) in [5.41, 5.74) is 4.95. The van der Waals surface area contributed by atoms with Crippen LogP contribution in [0.1, 0.15) is 19.3 Å². The number of carbonyl (C=O) groups excluding carboxylic acids is 1. The third-order valence-corrected chi connectivity index (χ3v) is 1.90. The van der Waals surface area contributed by atoms with Crippen molar-refractivity contribution in [2.24, 2.45) is 11.7 Å². The number of hydrogen-bond acceptors (Lipinski definition) is 3. The maximum atomic E-state index is 10.4. The summed E-state index contributed by atoms with van der Waals surface area (Å²) < 4.78 is 0. The second kappa shape index (κ2) is 4.42. The molecule has 2 rings (SSSR count). The minimum absolute atomic E-state index is 0.384. The molecule has 1 aliphatic heterocycles. The molecule has 4 N–H and O–H groups in total. The van der Waals surface area contributed by atoms with Crippen LogP contribution in [0.2, 0.25) is 0 Å². The molecule has 1 saturated carbocycles. The summed E-state index contributed by atoms with van der Waals surface area (Å²) in [5, 5.41) is 11.8. The van der Waals surface area contributed by atoms with Gasteiger partial charge in [-0.1, -0.05) is 19.3 Å². The van der Waals surface area contributed by atoms with E-state index in [-0.39, 0.29) is 5.92 Å². The molecule has 4 heteroatoms. The average Bonchev–Trinajstić information content (AvgIpc) is 2.81. The van der Waals surface area contributed by atoms with E-state index in [0.29, 0.717) is 13.1 Å². The third kappa shape index (κ3) is 3.19. The standard InChI is InChI=1S/C5H10N2O2.C3H6/c6-5(9)3-1-7-2-4(3)8;1-2-3-1/h3-4,7-8H,1-2H2,(H2,6,9);1-3H2. The quantitative estimate of drug-likeness (QED) is 0.486. The minimum Gasteiger partial charge on any atom is -0.391 e. The molecular formula is C8H16N2O2. The lowest BCUT2D eigenvalue weighted by Crippen LogP contribution is -2.32. The van der Waals surface area contributed by atoms with Gasteiger partial charge in [0.15, 0.2) is 0 Å². The van der Waals surface area contributed by atoms with E-state index < -0.39 is 12.0 Å². The Morgan fingerprint density at radius 2 is 1.92 bits per heavy atom.